The van der Waals surface area contributed by atoms with Crippen molar-refractivity contribution in [1.29, 1.82) is 0 Å². The Morgan fingerprint density at radius 2 is 1.94 bits per heavy atom. The number of hydrogen-bond donors (Lipinski definition) is 1. The van der Waals surface area contributed by atoms with Gasteiger partial charge in [-0.25, -0.2) is 4.98 Å². The van der Waals surface area contributed by atoms with E-state index in [4.69, 9.17) is 0 Å². The van der Waals surface area contributed by atoms with Crippen LogP contribution < -0.4 is 0 Å². The number of nitrogens with zero attached hydrogens (tertiary/aromatic N) is 1. The van der Waals surface area contributed by atoms with Gasteiger partial charge in [0.2, 0.25) is 0 Å². The maximum Gasteiger partial charge on any atom is 0.152 e. The van der Waals surface area contributed by atoms with E-state index < -0.39 is 0 Å². The topological polar surface area (TPSA) is 45.8 Å². The van der Waals surface area contributed by atoms with Gasteiger partial charge in [-0.05, 0) is 17.2 Å². The predicted molar refractivity (Wildman–Crippen MR) is 66.9 cm³/mol. The third-order valence-corrected chi connectivity index (χ3v) is 2.82. The minimum Gasteiger partial charge on any atom is -0.345 e. The van der Waals surface area contributed by atoms with E-state index in [1.165, 1.54) is 0 Å². The zero-order valence-corrected chi connectivity index (χ0v) is 9.05. The fourth-order valence-electron chi connectivity index (χ4n) is 2.03. The molecule has 3 rings (SSSR count). The quantitative estimate of drug-likeness (QED) is 0.677. The molecule has 0 bridgehead atoms. The zero-order valence-electron chi connectivity index (χ0n) is 9.05. The van der Waals surface area contributed by atoms with Crippen molar-refractivity contribution in [3.63, 3.8) is 0 Å². The van der Waals surface area contributed by atoms with E-state index in [1.54, 1.807) is 12.4 Å². The summed E-state index contributed by atoms with van der Waals surface area (Å²) in [6, 6.07) is 11.9. The normalized spacial score (nSPS) is 10.6. The van der Waals surface area contributed by atoms with Crippen LogP contribution in [-0.2, 0) is 0 Å². The number of aldehydes is 1. The summed E-state index contributed by atoms with van der Waals surface area (Å²) in [5, 5.41) is 0.883. The SMILES string of the molecule is O=Cc1c[nH]c2nccc(-c3ccccc3)c12. The second kappa shape index (κ2) is 3.87. The van der Waals surface area contributed by atoms with Crippen LogP contribution in [0.5, 0.6) is 0 Å². The minimum atomic E-state index is 0.645. The Balaban J connectivity index is 2.36. The number of fused-ring (bicyclic) bond motifs is 1. The standard InChI is InChI=1S/C14H10N2O/c17-9-11-8-16-14-13(11)12(6-7-15-14)10-4-2-1-3-5-10/h1-9H,(H,15,16). The van der Waals surface area contributed by atoms with Crippen molar-refractivity contribution in [2.45, 2.75) is 0 Å². The van der Waals surface area contributed by atoms with Crippen LogP contribution in [0.15, 0.2) is 48.8 Å². The molecule has 0 saturated carbocycles. The Morgan fingerprint density at radius 1 is 1.12 bits per heavy atom. The van der Waals surface area contributed by atoms with Crippen LogP contribution in [0.25, 0.3) is 22.2 Å². The van der Waals surface area contributed by atoms with Gasteiger partial charge in [-0.15, -0.1) is 0 Å². The Bertz CT molecular complexity index is 671. The molecule has 0 atom stereocenters. The van der Waals surface area contributed by atoms with Gasteiger partial charge in [-0.3, -0.25) is 4.79 Å². The number of H-pyrrole nitrogens is 1. The fourth-order valence-corrected chi connectivity index (χ4v) is 2.03. The van der Waals surface area contributed by atoms with Gasteiger partial charge in [0.05, 0.1) is 0 Å². The summed E-state index contributed by atoms with van der Waals surface area (Å²) in [7, 11) is 0. The fraction of sp³-hybridized carbons (Fsp3) is 0. The number of rotatable bonds is 2. The highest BCUT2D eigenvalue weighted by Crippen LogP contribution is 2.28. The van der Waals surface area contributed by atoms with Crippen molar-refractivity contribution in [2.24, 2.45) is 0 Å². The molecule has 3 nitrogen and oxygen atoms in total. The van der Waals surface area contributed by atoms with Gasteiger partial charge in [0.1, 0.15) is 5.65 Å². The maximum absolute atomic E-state index is 11.0. The van der Waals surface area contributed by atoms with Crippen LogP contribution in [0.3, 0.4) is 0 Å². The van der Waals surface area contributed by atoms with Crippen LogP contribution in [-0.4, -0.2) is 16.3 Å². The van der Waals surface area contributed by atoms with Crippen LogP contribution >= 0.6 is 0 Å². The van der Waals surface area contributed by atoms with Gasteiger partial charge in [0.25, 0.3) is 0 Å². The van der Waals surface area contributed by atoms with Gasteiger partial charge in [0, 0.05) is 23.3 Å². The molecule has 0 aliphatic heterocycles. The minimum absolute atomic E-state index is 0.645. The van der Waals surface area contributed by atoms with Gasteiger partial charge in [0.15, 0.2) is 6.29 Å². The molecule has 0 unspecified atom stereocenters. The highest BCUT2D eigenvalue weighted by molar-refractivity contribution is 6.04. The van der Waals surface area contributed by atoms with Gasteiger partial charge in [-0.2, -0.15) is 0 Å². The van der Waals surface area contributed by atoms with E-state index in [2.05, 4.69) is 9.97 Å². The van der Waals surface area contributed by atoms with Gasteiger partial charge >= 0.3 is 0 Å². The Kier molecular flexibility index (Phi) is 2.22. The highest BCUT2D eigenvalue weighted by atomic mass is 16.1. The Hall–Kier alpha value is -2.42. The molecular weight excluding hydrogens is 212 g/mol. The summed E-state index contributed by atoms with van der Waals surface area (Å²) in [6.45, 7) is 0. The second-order valence-corrected chi connectivity index (χ2v) is 3.81. The number of aromatic amines is 1. The summed E-state index contributed by atoms with van der Waals surface area (Å²) in [6.07, 6.45) is 4.29. The first kappa shape index (κ1) is 9.78. The van der Waals surface area contributed by atoms with E-state index in [9.17, 15) is 4.79 Å². The van der Waals surface area contributed by atoms with E-state index in [-0.39, 0.29) is 0 Å². The van der Waals surface area contributed by atoms with Crippen molar-refractivity contribution in [1.82, 2.24) is 9.97 Å². The van der Waals surface area contributed by atoms with Crippen LogP contribution in [0.4, 0.5) is 0 Å². The number of benzene rings is 1. The summed E-state index contributed by atoms with van der Waals surface area (Å²) in [4.78, 5) is 18.2. The molecule has 3 aromatic rings. The lowest BCUT2D eigenvalue weighted by atomic mass is 10.0. The lowest BCUT2D eigenvalue weighted by molar-refractivity contribution is 0.112. The molecule has 1 aromatic carbocycles. The molecule has 0 amide bonds. The highest BCUT2D eigenvalue weighted by Gasteiger charge is 2.09. The lowest BCUT2D eigenvalue weighted by Crippen LogP contribution is -1.84. The lowest BCUT2D eigenvalue weighted by Gasteiger charge is -2.03. The third kappa shape index (κ3) is 1.52. The Labute approximate surface area is 98.1 Å². The van der Waals surface area contributed by atoms with Crippen LogP contribution in [0.2, 0.25) is 0 Å². The third-order valence-electron chi connectivity index (χ3n) is 2.82. The van der Waals surface area contributed by atoms with Gasteiger partial charge in [-0.1, -0.05) is 30.3 Å². The average molecular weight is 222 g/mol. The van der Waals surface area contributed by atoms with Crippen LogP contribution in [0, 0.1) is 0 Å². The smallest absolute Gasteiger partial charge is 0.152 e. The molecule has 0 saturated heterocycles. The average Bonchev–Trinajstić information content (AvgIpc) is 2.82. The number of pyridine rings is 1. The van der Waals surface area contributed by atoms with Crippen molar-refractivity contribution in [3.8, 4) is 11.1 Å². The molecule has 0 aliphatic rings. The van der Waals surface area contributed by atoms with Crippen molar-refractivity contribution >= 4 is 17.3 Å². The van der Waals surface area contributed by atoms with Crippen LogP contribution in [0.1, 0.15) is 10.4 Å². The summed E-state index contributed by atoms with van der Waals surface area (Å²) >= 11 is 0. The van der Waals surface area contributed by atoms with E-state index in [0.717, 1.165) is 28.4 Å². The largest absolute Gasteiger partial charge is 0.345 e. The van der Waals surface area contributed by atoms with E-state index in [1.807, 2.05) is 36.4 Å². The number of nitrogens with one attached hydrogen (secondary N) is 1. The molecule has 0 spiro atoms. The maximum atomic E-state index is 11.0. The summed E-state index contributed by atoms with van der Waals surface area (Å²) < 4.78 is 0. The molecule has 82 valence electrons. The number of hydrogen-bond acceptors (Lipinski definition) is 2. The number of aromatic nitrogens is 2. The molecule has 2 heterocycles. The summed E-state index contributed by atoms with van der Waals surface area (Å²) in [5.74, 6) is 0. The molecule has 0 radical (unpaired) electrons. The Morgan fingerprint density at radius 3 is 2.71 bits per heavy atom. The van der Waals surface area contributed by atoms with Crippen molar-refractivity contribution in [2.75, 3.05) is 0 Å². The second-order valence-electron chi connectivity index (χ2n) is 3.81. The molecule has 0 fully saturated rings. The van der Waals surface area contributed by atoms with Gasteiger partial charge < -0.3 is 4.98 Å². The first-order chi connectivity index (χ1) is 8.40. The monoisotopic (exact) mass is 222 g/mol. The molecule has 0 aliphatic carbocycles. The predicted octanol–water partition coefficient (Wildman–Crippen LogP) is 3.04. The summed E-state index contributed by atoms with van der Waals surface area (Å²) in [5.41, 5.74) is 3.50. The molecular formula is C14H10N2O. The first-order valence-corrected chi connectivity index (χ1v) is 5.37. The van der Waals surface area contributed by atoms with Crippen molar-refractivity contribution in [3.05, 3.63) is 54.4 Å². The van der Waals surface area contributed by atoms with Crippen molar-refractivity contribution < 1.29 is 4.79 Å². The molecule has 17 heavy (non-hydrogen) atoms. The molecule has 2 aromatic heterocycles. The zero-order chi connectivity index (χ0) is 11.7. The number of carbonyl (C=O) groups excluding carboxylic acids is 1. The van der Waals surface area contributed by atoms with E-state index in [0.29, 0.717) is 5.56 Å². The first-order valence-electron chi connectivity index (χ1n) is 5.37. The number of carbonyl (C=O) groups is 1. The molecule has 1 N–H and O–H groups in total. The van der Waals surface area contributed by atoms with E-state index >= 15 is 0 Å². The molecule has 3 heteroatoms.